The van der Waals surface area contributed by atoms with E-state index >= 15 is 0 Å². The maximum atomic E-state index is 12.4. The molecular weight excluding hydrogens is 347 g/mol. The molecule has 0 saturated heterocycles. The number of nitrogens with zero attached hydrogens (tertiary/aromatic N) is 2. The summed E-state index contributed by atoms with van der Waals surface area (Å²) in [5, 5.41) is 7.18. The van der Waals surface area contributed by atoms with Crippen LogP contribution in [0.4, 0.5) is 5.69 Å². The van der Waals surface area contributed by atoms with E-state index in [1.807, 2.05) is 35.1 Å². The molecule has 1 amide bonds. The van der Waals surface area contributed by atoms with E-state index < -0.39 is 0 Å². The maximum absolute atomic E-state index is 12.4. The van der Waals surface area contributed by atoms with Gasteiger partial charge in [0.15, 0.2) is 0 Å². The zero-order valence-corrected chi connectivity index (χ0v) is 15.7. The van der Waals surface area contributed by atoms with Gasteiger partial charge < -0.3 is 11.1 Å². The molecule has 24 heavy (non-hydrogen) atoms. The molecule has 0 radical (unpaired) electrons. The molecule has 2 atom stereocenters. The van der Waals surface area contributed by atoms with Crippen LogP contribution in [0.15, 0.2) is 36.7 Å². The lowest BCUT2D eigenvalue weighted by molar-refractivity contribution is 0.102. The van der Waals surface area contributed by atoms with E-state index in [0.29, 0.717) is 17.2 Å². The molecule has 3 N–H and O–H groups in total. The third-order valence-electron chi connectivity index (χ3n) is 3.94. The summed E-state index contributed by atoms with van der Waals surface area (Å²) in [6.07, 6.45) is 4.52. The first kappa shape index (κ1) is 20.5. The lowest BCUT2D eigenvalue weighted by Crippen LogP contribution is -2.22. The zero-order valence-electron chi connectivity index (χ0n) is 14.0. The highest BCUT2D eigenvalue weighted by Gasteiger charge is 2.34. The van der Waals surface area contributed by atoms with Crippen LogP contribution in [-0.2, 0) is 5.54 Å². The summed E-state index contributed by atoms with van der Waals surface area (Å²) >= 11 is 0. The molecule has 1 saturated carbocycles. The van der Waals surface area contributed by atoms with Crippen LogP contribution >= 0.6 is 24.8 Å². The van der Waals surface area contributed by atoms with Gasteiger partial charge in [0.25, 0.3) is 5.91 Å². The van der Waals surface area contributed by atoms with Crippen LogP contribution < -0.4 is 11.1 Å². The molecular formula is C17H24Cl2N4O. The van der Waals surface area contributed by atoms with Crippen molar-refractivity contribution >= 4 is 36.4 Å². The molecule has 1 aliphatic rings. The highest BCUT2D eigenvalue weighted by atomic mass is 35.5. The third-order valence-corrected chi connectivity index (χ3v) is 3.94. The molecule has 7 heteroatoms. The molecule has 132 valence electrons. The summed E-state index contributed by atoms with van der Waals surface area (Å²) in [6.45, 7) is 6.19. The topological polar surface area (TPSA) is 72.9 Å². The van der Waals surface area contributed by atoms with Crippen LogP contribution in [0, 0.1) is 0 Å². The SMILES string of the molecule is CC(C)(C)n1cc(NC(=O)c2cccc(C3CC3N)c2)cn1.Cl.Cl. The average Bonchev–Trinajstić information content (AvgIpc) is 2.99. The molecule has 1 heterocycles. The number of benzene rings is 1. The minimum Gasteiger partial charge on any atom is -0.327 e. The van der Waals surface area contributed by atoms with Crippen molar-refractivity contribution in [1.82, 2.24) is 9.78 Å². The normalized spacial score (nSPS) is 19.0. The van der Waals surface area contributed by atoms with Crippen LogP contribution in [0.3, 0.4) is 0 Å². The monoisotopic (exact) mass is 370 g/mol. The van der Waals surface area contributed by atoms with Crippen LogP contribution in [-0.4, -0.2) is 21.7 Å². The number of nitrogens with two attached hydrogens (primary N) is 1. The molecule has 0 aliphatic heterocycles. The Hall–Kier alpha value is -1.56. The van der Waals surface area contributed by atoms with E-state index in [0.717, 1.165) is 12.0 Å². The molecule has 0 bridgehead atoms. The molecule has 1 aromatic carbocycles. The van der Waals surface area contributed by atoms with E-state index in [2.05, 4.69) is 31.2 Å². The van der Waals surface area contributed by atoms with Gasteiger partial charge in [0, 0.05) is 23.7 Å². The van der Waals surface area contributed by atoms with E-state index in [4.69, 9.17) is 5.73 Å². The fourth-order valence-corrected chi connectivity index (χ4v) is 2.47. The molecule has 1 aliphatic carbocycles. The number of anilines is 1. The van der Waals surface area contributed by atoms with Crippen molar-refractivity contribution in [3.8, 4) is 0 Å². The number of amides is 1. The van der Waals surface area contributed by atoms with Crippen molar-refractivity contribution in [1.29, 1.82) is 0 Å². The van der Waals surface area contributed by atoms with Gasteiger partial charge in [0.1, 0.15) is 0 Å². The summed E-state index contributed by atoms with van der Waals surface area (Å²) in [5.74, 6) is 0.279. The third kappa shape index (κ3) is 4.50. The largest absolute Gasteiger partial charge is 0.327 e. The first-order valence-corrected chi connectivity index (χ1v) is 7.56. The number of hydrogen-bond acceptors (Lipinski definition) is 3. The van der Waals surface area contributed by atoms with Gasteiger partial charge in [-0.1, -0.05) is 12.1 Å². The van der Waals surface area contributed by atoms with Gasteiger partial charge in [-0.15, -0.1) is 24.8 Å². The van der Waals surface area contributed by atoms with Crippen molar-refractivity contribution in [3.05, 3.63) is 47.8 Å². The number of carbonyl (C=O) groups excluding carboxylic acids is 1. The van der Waals surface area contributed by atoms with Gasteiger partial charge in [-0.2, -0.15) is 5.10 Å². The number of rotatable bonds is 3. The van der Waals surface area contributed by atoms with Crippen LogP contribution in [0.5, 0.6) is 0 Å². The standard InChI is InChI=1S/C17H22N4O.2ClH/c1-17(2,3)21-10-13(9-19-21)20-16(22)12-6-4-5-11(7-12)14-8-15(14)18;;/h4-7,9-10,14-15H,8,18H2,1-3H3,(H,20,22);2*1H. The Morgan fingerprint density at radius 2 is 2.00 bits per heavy atom. The van der Waals surface area contributed by atoms with E-state index in [-0.39, 0.29) is 42.3 Å². The Balaban J connectivity index is 0.00000144. The summed E-state index contributed by atoms with van der Waals surface area (Å²) in [7, 11) is 0. The first-order chi connectivity index (χ1) is 10.3. The molecule has 0 spiro atoms. The molecule has 5 nitrogen and oxygen atoms in total. The number of hydrogen-bond donors (Lipinski definition) is 2. The Morgan fingerprint density at radius 1 is 1.33 bits per heavy atom. The van der Waals surface area contributed by atoms with Crippen molar-refractivity contribution < 1.29 is 4.79 Å². The van der Waals surface area contributed by atoms with Gasteiger partial charge in [-0.05, 0) is 44.9 Å². The minimum absolute atomic E-state index is 0. The molecule has 2 aromatic rings. The Bertz CT molecular complexity index is 709. The zero-order chi connectivity index (χ0) is 15.9. The second-order valence-electron chi connectivity index (χ2n) is 6.93. The van der Waals surface area contributed by atoms with Crippen molar-refractivity contribution in [2.45, 2.75) is 44.7 Å². The van der Waals surface area contributed by atoms with Gasteiger partial charge in [0.05, 0.1) is 17.4 Å². The molecule has 1 fully saturated rings. The van der Waals surface area contributed by atoms with E-state index in [1.165, 1.54) is 0 Å². The molecule has 2 unspecified atom stereocenters. The minimum atomic E-state index is -0.121. The number of aromatic nitrogens is 2. The van der Waals surface area contributed by atoms with Gasteiger partial charge in [0.2, 0.25) is 0 Å². The predicted octanol–water partition coefficient (Wildman–Crippen LogP) is 3.55. The Kier molecular flexibility index (Phi) is 6.45. The second kappa shape index (κ2) is 7.55. The first-order valence-electron chi connectivity index (χ1n) is 7.56. The highest BCUT2D eigenvalue weighted by molar-refractivity contribution is 6.04. The lowest BCUT2D eigenvalue weighted by atomic mass is 10.1. The quantitative estimate of drug-likeness (QED) is 0.867. The predicted molar refractivity (Wildman–Crippen MR) is 101 cm³/mol. The molecule has 3 rings (SSSR count). The lowest BCUT2D eigenvalue weighted by Gasteiger charge is -2.18. The average molecular weight is 371 g/mol. The van der Waals surface area contributed by atoms with Gasteiger partial charge >= 0.3 is 0 Å². The second-order valence-corrected chi connectivity index (χ2v) is 6.93. The summed E-state index contributed by atoms with van der Waals surface area (Å²) in [4.78, 5) is 12.4. The Labute approximate surface area is 154 Å². The van der Waals surface area contributed by atoms with E-state index in [1.54, 1.807) is 6.20 Å². The summed E-state index contributed by atoms with van der Waals surface area (Å²) in [5.41, 5.74) is 8.27. The van der Waals surface area contributed by atoms with Crippen LogP contribution in [0.2, 0.25) is 0 Å². The van der Waals surface area contributed by atoms with E-state index in [9.17, 15) is 4.79 Å². The van der Waals surface area contributed by atoms with Crippen molar-refractivity contribution in [2.75, 3.05) is 5.32 Å². The number of carbonyl (C=O) groups is 1. The van der Waals surface area contributed by atoms with Crippen molar-refractivity contribution in [2.24, 2.45) is 5.73 Å². The number of nitrogens with one attached hydrogen (secondary N) is 1. The maximum Gasteiger partial charge on any atom is 0.255 e. The van der Waals surface area contributed by atoms with Crippen LogP contribution in [0.1, 0.15) is 49.0 Å². The fourth-order valence-electron chi connectivity index (χ4n) is 2.47. The summed E-state index contributed by atoms with van der Waals surface area (Å²) < 4.78 is 1.84. The number of halogens is 2. The fraction of sp³-hybridized carbons (Fsp3) is 0.412. The van der Waals surface area contributed by atoms with Crippen molar-refractivity contribution in [3.63, 3.8) is 0 Å². The Morgan fingerprint density at radius 3 is 2.54 bits per heavy atom. The molecule has 1 aromatic heterocycles. The highest BCUT2D eigenvalue weighted by Crippen LogP contribution is 2.39. The summed E-state index contributed by atoms with van der Waals surface area (Å²) in [6, 6.07) is 7.94. The van der Waals surface area contributed by atoms with Gasteiger partial charge in [-0.3, -0.25) is 9.48 Å². The van der Waals surface area contributed by atoms with Gasteiger partial charge in [-0.25, -0.2) is 0 Å². The van der Waals surface area contributed by atoms with Crippen LogP contribution in [0.25, 0.3) is 0 Å². The smallest absolute Gasteiger partial charge is 0.255 e.